The zero-order valence-corrected chi connectivity index (χ0v) is 14.5. The lowest BCUT2D eigenvalue weighted by atomic mass is 10.1. The number of rotatable bonds is 6. The van der Waals surface area contributed by atoms with Crippen molar-refractivity contribution in [2.24, 2.45) is 11.7 Å². The number of ether oxygens (including phenoxy) is 1. The van der Waals surface area contributed by atoms with Crippen LogP contribution in [0.1, 0.15) is 24.4 Å². The number of primary amides is 1. The van der Waals surface area contributed by atoms with Gasteiger partial charge >= 0.3 is 12.0 Å². The maximum absolute atomic E-state index is 12.2. The lowest BCUT2D eigenvalue weighted by Crippen LogP contribution is -2.45. The quantitative estimate of drug-likeness (QED) is 0.445. The average molecular weight is 375 g/mol. The van der Waals surface area contributed by atoms with Crippen molar-refractivity contribution in [2.45, 2.75) is 20.0 Å². The lowest BCUT2D eigenvalue weighted by molar-refractivity contribution is -0.384. The van der Waals surface area contributed by atoms with Crippen LogP contribution in [0.5, 0.6) is 0 Å². The molecule has 0 saturated carbocycles. The standard InChI is InChI=1S/C17H17N3O7/c1-9(2)14(15(21)19-17(18)23)27-16(22)13-8-7-12(26-13)10-3-5-11(6-4-10)20(24)25/h3-9,14H,1-2H3,(H3,18,19,21,23)/t14-/m0/s1. The summed E-state index contributed by atoms with van der Waals surface area (Å²) in [4.78, 5) is 45.1. The van der Waals surface area contributed by atoms with E-state index in [1.54, 1.807) is 13.8 Å². The van der Waals surface area contributed by atoms with Gasteiger partial charge in [-0.05, 0) is 30.2 Å². The van der Waals surface area contributed by atoms with Crippen LogP contribution in [-0.2, 0) is 9.53 Å². The fourth-order valence-electron chi connectivity index (χ4n) is 2.21. The van der Waals surface area contributed by atoms with Gasteiger partial charge in [0.15, 0.2) is 6.10 Å². The van der Waals surface area contributed by atoms with Crippen LogP contribution in [-0.4, -0.2) is 28.9 Å². The van der Waals surface area contributed by atoms with Crippen LogP contribution < -0.4 is 11.1 Å². The highest BCUT2D eigenvalue weighted by Crippen LogP contribution is 2.25. The highest BCUT2D eigenvalue weighted by atomic mass is 16.6. The van der Waals surface area contributed by atoms with Gasteiger partial charge in [-0.3, -0.25) is 20.2 Å². The Kier molecular flexibility index (Phi) is 5.91. The summed E-state index contributed by atoms with van der Waals surface area (Å²) < 4.78 is 10.5. The third-order valence-corrected chi connectivity index (χ3v) is 3.51. The molecule has 1 heterocycles. The number of urea groups is 1. The molecule has 0 fully saturated rings. The second-order valence-electron chi connectivity index (χ2n) is 5.89. The van der Waals surface area contributed by atoms with Gasteiger partial charge in [-0.15, -0.1) is 0 Å². The van der Waals surface area contributed by atoms with Crippen LogP contribution in [0, 0.1) is 16.0 Å². The number of carbonyl (C=O) groups is 3. The van der Waals surface area contributed by atoms with Crippen molar-refractivity contribution in [3.63, 3.8) is 0 Å². The summed E-state index contributed by atoms with van der Waals surface area (Å²) >= 11 is 0. The van der Waals surface area contributed by atoms with Crippen LogP contribution in [0.15, 0.2) is 40.8 Å². The molecule has 1 atom stereocenters. The number of benzene rings is 1. The number of nitrogens with zero attached hydrogens (tertiary/aromatic N) is 1. The van der Waals surface area contributed by atoms with E-state index in [0.29, 0.717) is 11.3 Å². The topological polar surface area (TPSA) is 155 Å². The predicted molar refractivity (Wildman–Crippen MR) is 92.6 cm³/mol. The number of nitrogens with one attached hydrogen (secondary N) is 1. The number of esters is 1. The first-order valence-electron chi connectivity index (χ1n) is 7.85. The van der Waals surface area contributed by atoms with Crippen LogP contribution in [0.3, 0.4) is 0 Å². The molecule has 3 N–H and O–H groups in total. The van der Waals surface area contributed by atoms with Gasteiger partial charge in [0, 0.05) is 17.7 Å². The van der Waals surface area contributed by atoms with Crippen molar-refractivity contribution in [2.75, 3.05) is 0 Å². The molecule has 0 unspecified atom stereocenters. The van der Waals surface area contributed by atoms with Crippen LogP contribution in [0.2, 0.25) is 0 Å². The molecule has 142 valence electrons. The van der Waals surface area contributed by atoms with Crippen LogP contribution >= 0.6 is 0 Å². The van der Waals surface area contributed by atoms with E-state index >= 15 is 0 Å². The molecule has 0 aliphatic heterocycles. The number of nitrogens with two attached hydrogens (primary N) is 1. The highest BCUT2D eigenvalue weighted by molar-refractivity contribution is 5.97. The van der Waals surface area contributed by atoms with Gasteiger partial charge in [-0.1, -0.05) is 13.8 Å². The Balaban J connectivity index is 2.14. The Morgan fingerprint density at radius 1 is 1.15 bits per heavy atom. The van der Waals surface area contributed by atoms with E-state index in [4.69, 9.17) is 14.9 Å². The van der Waals surface area contributed by atoms with Gasteiger partial charge in [-0.25, -0.2) is 9.59 Å². The van der Waals surface area contributed by atoms with Crippen LogP contribution in [0.25, 0.3) is 11.3 Å². The smallest absolute Gasteiger partial charge is 0.375 e. The molecule has 2 rings (SSSR count). The number of non-ortho nitro benzene ring substituents is 1. The number of hydrogen-bond acceptors (Lipinski definition) is 7. The zero-order valence-electron chi connectivity index (χ0n) is 14.5. The molecule has 10 nitrogen and oxygen atoms in total. The Morgan fingerprint density at radius 2 is 1.78 bits per heavy atom. The van der Waals surface area contributed by atoms with E-state index in [-0.39, 0.29) is 11.4 Å². The number of furan rings is 1. The molecule has 3 amide bonds. The van der Waals surface area contributed by atoms with E-state index in [9.17, 15) is 24.5 Å². The van der Waals surface area contributed by atoms with E-state index < -0.39 is 34.9 Å². The predicted octanol–water partition coefficient (Wildman–Crippen LogP) is 2.23. The Labute approximate surface area is 153 Å². The molecule has 0 aliphatic rings. The Bertz CT molecular complexity index is 871. The summed E-state index contributed by atoms with van der Waals surface area (Å²) in [5, 5.41) is 12.5. The fourth-order valence-corrected chi connectivity index (χ4v) is 2.21. The van der Waals surface area contributed by atoms with E-state index in [0.717, 1.165) is 0 Å². The molecule has 0 radical (unpaired) electrons. The Morgan fingerprint density at radius 3 is 2.30 bits per heavy atom. The second kappa shape index (κ2) is 8.13. The average Bonchev–Trinajstić information content (AvgIpc) is 3.08. The molecule has 0 spiro atoms. The van der Waals surface area contributed by atoms with Crippen molar-refractivity contribution in [3.05, 3.63) is 52.3 Å². The number of nitro benzene ring substituents is 1. The molecular formula is C17H17N3O7. The number of nitro groups is 1. The van der Waals surface area contributed by atoms with Crippen molar-refractivity contribution < 1.29 is 28.5 Å². The maximum atomic E-state index is 12.2. The summed E-state index contributed by atoms with van der Waals surface area (Å²) in [5.74, 6) is -2.03. The van der Waals surface area contributed by atoms with Crippen LogP contribution in [0.4, 0.5) is 10.5 Å². The molecule has 2 aromatic rings. The first-order valence-corrected chi connectivity index (χ1v) is 7.85. The normalized spacial score (nSPS) is 11.7. The first kappa shape index (κ1) is 19.6. The maximum Gasteiger partial charge on any atom is 0.375 e. The molecule has 10 heteroatoms. The summed E-state index contributed by atoms with van der Waals surface area (Å²) in [6, 6.07) is 7.35. The monoisotopic (exact) mass is 375 g/mol. The third-order valence-electron chi connectivity index (χ3n) is 3.51. The van der Waals surface area contributed by atoms with Crippen molar-refractivity contribution in [3.8, 4) is 11.3 Å². The molecule has 1 aromatic heterocycles. The molecule has 27 heavy (non-hydrogen) atoms. The minimum Gasteiger partial charge on any atom is -0.449 e. The number of imide groups is 1. The number of carbonyl (C=O) groups excluding carboxylic acids is 3. The molecule has 0 bridgehead atoms. The first-order chi connectivity index (χ1) is 12.7. The highest BCUT2D eigenvalue weighted by Gasteiger charge is 2.29. The van der Waals surface area contributed by atoms with Gasteiger partial charge in [0.25, 0.3) is 11.6 Å². The zero-order chi connectivity index (χ0) is 20.1. The summed E-state index contributed by atoms with van der Waals surface area (Å²) in [6.07, 6.45) is -1.24. The van der Waals surface area contributed by atoms with Crippen molar-refractivity contribution >= 4 is 23.6 Å². The van der Waals surface area contributed by atoms with Gasteiger partial charge in [0.1, 0.15) is 5.76 Å². The number of hydrogen-bond donors (Lipinski definition) is 2. The van der Waals surface area contributed by atoms with Gasteiger partial charge < -0.3 is 14.9 Å². The minimum absolute atomic E-state index is 0.0785. The number of amides is 3. The molecule has 0 aliphatic carbocycles. The fraction of sp³-hybridized carbons (Fsp3) is 0.235. The lowest BCUT2D eigenvalue weighted by Gasteiger charge is -2.19. The third kappa shape index (κ3) is 4.91. The van der Waals surface area contributed by atoms with Gasteiger partial charge in [-0.2, -0.15) is 0 Å². The summed E-state index contributed by atoms with van der Waals surface area (Å²) in [5.41, 5.74) is 5.34. The van der Waals surface area contributed by atoms with E-state index in [1.807, 2.05) is 5.32 Å². The molecule has 1 aromatic carbocycles. The van der Waals surface area contributed by atoms with E-state index in [1.165, 1.54) is 36.4 Å². The van der Waals surface area contributed by atoms with Crippen molar-refractivity contribution in [1.29, 1.82) is 0 Å². The van der Waals surface area contributed by atoms with Gasteiger partial charge in [0.05, 0.1) is 4.92 Å². The Hall–Kier alpha value is -3.69. The molecular weight excluding hydrogens is 358 g/mol. The summed E-state index contributed by atoms with van der Waals surface area (Å²) in [6.45, 7) is 3.26. The minimum atomic E-state index is -1.24. The van der Waals surface area contributed by atoms with Crippen molar-refractivity contribution in [1.82, 2.24) is 5.32 Å². The largest absolute Gasteiger partial charge is 0.449 e. The summed E-state index contributed by atoms with van der Waals surface area (Å²) in [7, 11) is 0. The SMILES string of the molecule is CC(C)[C@H](OC(=O)c1ccc(-c2ccc([N+](=O)[O-])cc2)o1)C(=O)NC(N)=O. The van der Waals surface area contributed by atoms with Gasteiger partial charge in [0.2, 0.25) is 5.76 Å². The van der Waals surface area contributed by atoms with E-state index in [2.05, 4.69) is 0 Å². The second-order valence-corrected chi connectivity index (χ2v) is 5.89. The molecule has 0 saturated heterocycles.